The van der Waals surface area contributed by atoms with Crippen LogP contribution >= 0.6 is 23.2 Å². The lowest BCUT2D eigenvalue weighted by Gasteiger charge is -2.34. The fourth-order valence-electron chi connectivity index (χ4n) is 3.88. The molecule has 1 N–H and O–H groups in total. The van der Waals surface area contributed by atoms with Gasteiger partial charge in [0, 0.05) is 38.3 Å². The summed E-state index contributed by atoms with van der Waals surface area (Å²) in [5, 5.41) is 10.3. The molecule has 2 heterocycles. The highest BCUT2D eigenvalue weighted by atomic mass is 35.5. The Bertz CT molecular complexity index is 772. The number of hydrogen-bond acceptors (Lipinski definition) is 4. The van der Waals surface area contributed by atoms with Crippen LogP contribution in [0.2, 0.25) is 10.0 Å². The molecule has 1 atom stereocenters. The van der Waals surface area contributed by atoms with E-state index in [-0.39, 0.29) is 31.0 Å². The smallest absolute Gasteiger partial charge is 0.247 e. The Balaban J connectivity index is 1.44. The maximum absolute atomic E-state index is 12.4. The molecule has 2 saturated heterocycles. The van der Waals surface area contributed by atoms with Crippen molar-refractivity contribution >= 4 is 41.1 Å². The molecule has 29 heavy (non-hydrogen) atoms. The third kappa shape index (κ3) is 5.95. The highest BCUT2D eigenvalue weighted by molar-refractivity contribution is 6.42. The molecule has 0 aromatic heterocycles. The molecule has 8 heteroatoms. The van der Waals surface area contributed by atoms with Crippen LogP contribution < -0.4 is 0 Å². The SMILES string of the molecule is O=C(C=Cc1ccc(Cl)c(Cl)c1)N1CCN(CCCN2CCC[C@H]2CO)C(=O)C1. The van der Waals surface area contributed by atoms with E-state index in [0.29, 0.717) is 29.7 Å². The average Bonchev–Trinajstić information content (AvgIpc) is 3.17. The van der Waals surface area contributed by atoms with Gasteiger partial charge in [-0.15, -0.1) is 0 Å². The Morgan fingerprint density at radius 3 is 2.72 bits per heavy atom. The van der Waals surface area contributed by atoms with Crippen molar-refractivity contribution in [1.29, 1.82) is 0 Å². The van der Waals surface area contributed by atoms with Crippen molar-refractivity contribution in [2.75, 3.05) is 45.9 Å². The summed E-state index contributed by atoms with van der Waals surface area (Å²) in [6, 6.07) is 5.42. The molecule has 6 nitrogen and oxygen atoms in total. The lowest BCUT2D eigenvalue weighted by Crippen LogP contribution is -2.52. The zero-order valence-electron chi connectivity index (χ0n) is 16.4. The van der Waals surface area contributed by atoms with E-state index >= 15 is 0 Å². The summed E-state index contributed by atoms with van der Waals surface area (Å²) in [5.41, 5.74) is 0.779. The molecule has 0 radical (unpaired) electrons. The molecule has 0 aliphatic carbocycles. The van der Waals surface area contributed by atoms with Crippen molar-refractivity contribution in [3.8, 4) is 0 Å². The number of amides is 2. The minimum absolute atomic E-state index is 0.0207. The Kier molecular flexibility index (Phi) is 7.95. The fourth-order valence-corrected chi connectivity index (χ4v) is 4.19. The predicted molar refractivity (Wildman–Crippen MR) is 115 cm³/mol. The monoisotopic (exact) mass is 439 g/mol. The molecular weight excluding hydrogens is 413 g/mol. The van der Waals surface area contributed by atoms with Gasteiger partial charge in [-0.1, -0.05) is 29.3 Å². The van der Waals surface area contributed by atoms with Crippen molar-refractivity contribution in [2.24, 2.45) is 0 Å². The van der Waals surface area contributed by atoms with Crippen molar-refractivity contribution in [1.82, 2.24) is 14.7 Å². The van der Waals surface area contributed by atoms with Crippen LogP contribution in [0.4, 0.5) is 0 Å². The van der Waals surface area contributed by atoms with Gasteiger partial charge in [-0.05, 0) is 49.6 Å². The molecule has 1 aromatic rings. The fraction of sp³-hybridized carbons (Fsp3) is 0.524. The average molecular weight is 440 g/mol. The number of aliphatic hydroxyl groups is 1. The van der Waals surface area contributed by atoms with E-state index in [9.17, 15) is 14.7 Å². The van der Waals surface area contributed by atoms with Crippen LogP contribution in [0, 0.1) is 0 Å². The summed E-state index contributed by atoms with van der Waals surface area (Å²) < 4.78 is 0. The van der Waals surface area contributed by atoms with E-state index in [1.165, 1.54) is 6.08 Å². The lowest BCUT2D eigenvalue weighted by molar-refractivity contribution is -0.142. The van der Waals surface area contributed by atoms with Crippen molar-refractivity contribution in [3.63, 3.8) is 0 Å². The van der Waals surface area contributed by atoms with Gasteiger partial charge in [0.1, 0.15) is 6.54 Å². The lowest BCUT2D eigenvalue weighted by atomic mass is 10.2. The maximum atomic E-state index is 12.4. The summed E-state index contributed by atoms with van der Waals surface area (Å²) >= 11 is 11.9. The van der Waals surface area contributed by atoms with E-state index in [2.05, 4.69) is 4.90 Å². The zero-order chi connectivity index (χ0) is 20.8. The summed E-state index contributed by atoms with van der Waals surface area (Å²) in [5.74, 6) is -0.209. The topological polar surface area (TPSA) is 64.1 Å². The van der Waals surface area contributed by atoms with Gasteiger partial charge in [-0.3, -0.25) is 14.5 Å². The maximum Gasteiger partial charge on any atom is 0.247 e. The van der Waals surface area contributed by atoms with Crippen molar-refractivity contribution in [2.45, 2.75) is 25.3 Å². The van der Waals surface area contributed by atoms with Gasteiger partial charge in [0.05, 0.1) is 16.7 Å². The van der Waals surface area contributed by atoms with Crippen LogP contribution in [0.1, 0.15) is 24.8 Å². The summed E-state index contributed by atoms with van der Waals surface area (Å²) in [6.45, 7) is 3.99. The largest absolute Gasteiger partial charge is 0.395 e. The van der Waals surface area contributed by atoms with Crippen LogP contribution in [0.5, 0.6) is 0 Å². The van der Waals surface area contributed by atoms with Crippen molar-refractivity contribution < 1.29 is 14.7 Å². The molecule has 2 aliphatic heterocycles. The molecule has 2 amide bonds. The first kappa shape index (κ1) is 22.1. The first-order chi connectivity index (χ1) is 14.0. The number of halogens is 2. The predicted octanol–water partition coefficient (Wildman–Crippen LogP) is 2.52. The minimum Gasteiger partial charge on any atom is -0.395 e. The van der Waals surface area contributed by atoms with Gasteiger partial charge in [0.2, 0.25) is 11.8 Å². The molecular formula is C21H27Cl2N3O3. The van der Waals surface area contributed by atoms with E-state index in [1.807, 2.05) is 4.90 Å². The minimum atomic E-state index is -0.188. The Morgan fingerprint density at radius 1 is 1.17 bits per heavy atom. The molecule has 0 saturated carbocycles. The number of piperazine rings is 1. The van der Waals surface area contributed by atoms with Gasteiger partial charge < -0.3 is 14.9 Å². The number of carbonyl (C=O) groups is 2. The molecule has 3 rings (SSSR count). The molecule has 2 aliphatic rings. The normalized spacial score (nSPS) is 20.8. The quantitative estimate of drug-likeness (QED) is 0.662. The number of hydrogen-bond donors (Lipinski definition) is 1. The standard InChI is InChI=1S/C21H27Cl2N3O3/c22-18-6-4-16(13-19(18)23)5-7-20(28)26-12-11-25(21(29)14-26)10-2-9-24-8-1-3-17(24)15-27/h4-7,13,17,27H,1-3,8-12,14-15H2/t17-/m0/s1. The van der Waals surface area contributed by atoms with E-state index in [0.717, 1.165) is 37.9 Å². The van der Waals surface area contributed by atoms with Gasteiger partial charge in [-0.25, -0.2) is 0 Å². The first-order valence-electron chi connectivity index (χ1n) is 10.0. The van der Waals surface area contributed by atoms with E-state index < -0.39 is 0 Å². The zero-order valence-corrected chi connectivity index (χ0v) is 17.9. The Labute approximate surface area is 181 Å². The molecule has 0 spiro atoms. The number of carbonyl (C=O) groups excluding carboxylic acids is 2. The number of likely N-dealkylation sites (tertiary alicyclic amines) is 1. The first-order valence-corrected chi connectivity index (χ1v) is 10.8. The highest BCUT2D eigenvalue weighted by Gasteiger charge is 2.27. The second kappa shape index (κ2) is 10.4. The van der Waals surface area contributed by atoms with Gasteiger partial charge in [0.15, 0.2) is 0 Å². The van der Waals surface area contributed by atoms with Gasteiger partial charge in [0.25, 0.3) is 0 Å². The summed E-state index contributed by atoms with van der Waals surface area (Å²) in [6.07, 6.45) is 6.19. The van der Waals surface area contributed by atoms with E-state index in [4.69, 9.17) is 23.2 Å². The Hall–Kier alpha value is -1.60. The molecule has 0 bridgehead atoms. The van der Waals surface area contributed by atoms with E-state index in [1.54, 1.807) is 29.2 Å². The molecule has 0 unspecified atom stereocenters. The van der Waals surface area contributed by atoms with Crippen LogP contribution in [-0.4, -0.2) is 83.5 Å². The second-order valence-corrected chi connectivity index (χ2v) is 8.33. The van der Waals surface area contributed by atoms with Gasteiger partial charge in [-0.2, -0.15) is 0 Å². The number of nitrogens with zero attached hydrogens (tertiary/aromatic N) is 3. The number of rotatable bonds is 7. The number of benzene rings is 1. The molecule has 2 fully saturated rings. The van der Waals surface area contributed by atoms with Crippen LogP contribution in [0.3, 0.4) is 0 Å². The van der Waals surface area contributed by atoms with Gasteiger partial charge >= 0.3 is 0 Å². The van der Waals surface area contributed by atoms with Crippen molar-refractivity contribution in [3.05, 3.63) is 39.9 Å². The number of aliphatic hydroxyl groups excluding tert-OH is 1. The molecule has 1 aromatic carbocycles. The summed E-state index contributed by atoms with van der Waals surface area (Å²) in [7, 11) is 0. The summed E-state index contributed by atoms with van der Waals surface area (Å²) in [4.78, 5) is 30.5. The van der Waals surface area contributed by atoms with Crippen LogP contribution in [0.25, 0.3) is 6.08 Å². The third-order valence-corrected chi connectivity index (χ3v) is 6.31. The van der Waals surface area contributed by atoms with Crippen LogP contribution in [-0.2, 0) is 9.59 Å². The van der Waals surface area contributed by atoms with Crippen LogP contribution in [0.15, 0.2) is 24.3 Å². The second-order valence-electron chi connectivity index (χ2n) is 7.52. The molecule has 158 valence electrons. The third-order valence-electron chi connectivity index (χ3n) is 5.58. The Morgan fingerprint density at radius 2 is 2.00 bits per heavy atom. The highest BCUT2D eigenvalue weighted by Crippen LogP contribution is 2.23.